The molecule has 1 aromatic carbocycles. The minimum Gasteiger partial charge on any atom is -0.340 e. The average molecular weight is 257 g/mol. The van der Waals surface area contributed by atoms with Crippen LogP contribution in [0.5, 0.6) is 0 Å². The quantitative estimate of drug-likeness (QED) is 0.894. The van der Waals surface area contributed by atoms with E-state index in [0.717, 1.165) is 19.5 Å². The fourth-order valence-electron chi connectivity index (χ4n) is 2.37. The van der Waals surface area contributed by atoms with Crippen LogP contribution in [0.4, 0.5) is 0 Å². The van der Waals surface area contributed by atoms with Gasteiger partial charge in [-0.25, -0.2) is 0 Å². The third kappa shape index (κ3) is 3.12. The van der Waals surface area contributed by atoms with Crippen LogP contribution in [-0.2, 0) is 13.0 Å². The summed E-state index contributed by atoms with van der Waals surface area (Å²) in [4.78, 5) is 13.9. The molecule has 2 rings (SSSR count). The number of carbonyl (C=O) groups is 1. The molecule has 0 saturated carbocycles. The molecule has 0 spiro atoms. The predicted octanol–water partition coefficient (Wildman–Crippen LogP) is 1.56. The Morgan fingerprint density at radius 3 is 3.05 bits per heavy atom. The molecule has 0 aliphatic carbocycles. The van der Waals surface area contributed by atoms with Crippen molar-refractivity contribution in [3.63, 3.8) is 0 Å². The summed E-state index contributed by atoms with van der Waals surface area (Å²) in [5, 5.41) is 12.1. The van der Waals surface area contributed by atoms with E-state index in [4.69, 9.17) is 5.26 Å². The van der Waals surface area contributed by atoms with Gasteiger partial charge < -0.3 is 10.2 Å². The average Bonchev–Trinajstić information content (AvgIpc) is 2.45. The van der Waals surface area contributed by atoms with E-state index in [2.05, 4.69) is 11.4 Å². The van der Waals surface area contributed by atoms with Gasteiger partial charge in [-0.15, -0.1) is 0 Å². The molecule has 1 aliphatic rings. The zero-order valence-electron chi connectivity index (χ0n) is 11.4. The van der Waals surface area contributed by atoms with Crippen LogP contribution < -0.4 is 5.32 Å². The number of benzene rings is 1. The summed E-state index contributed by atoms with van der Waals surface area (Å²) >= 11 is 0. The van der Waals surface area contributed by atoms with E-state index in [-0.39, 0.29) is 11.8 Å². The van der Waals surface area contributed by atoms with Gasteiger partial charge in [0.15, 0.2) is 0 Å². The Balaban J connectivity index is 2.13. The standard InChI is InChI=1S/C15H19N3O/c1-11(8-16)10-18(2)15(19)13-4-3-12-5-6-17-9-14(12)7-13/h3-4,7,11,17H,5-6,9-10H2,1-2H3. The molecule has 4 heteroatoms. The lowest BCUT2D eigenvalue weighted by atomic mass is 9.98. The van der Waals surface area contributed by atoms with Crippen LogP contribution in [0, 0.1) is 17.2 Å². The smallest absolute Gasteiger partial charge is 0.253 e. The molecule has 0 saturated heterocycles. The first kappa shape index (κ1) is 13.6. The van der Waals surface area contributed by atoms with Crippen LogP contribution >= 0.6 is 0 Å². The molecule has 1 aromatic rings. The highest BCUT2D eigenvalue weighted by molar-refractivity contribution is 5.94. The van der Waals surface area contributed by atoms with Gasteiger partial charge in [0.05, 0.1) is 12.0 Å². The molecular formula is C15H19N3O. The topological polar surface area (TPSA) is 56.1 Å². The largest absolute Gasteiger partial charge is 0.340 e. The van der Waals surface area contributed by atoms with Gasteiger partial charge in [-0.3, -0.25) is 4.79 Å². The van der Waals surface area contributed by atoms with Crippen molar-refractivity contribution in [2.24, 2.45) is 5.92 Å². The molecule has 1 heterocycles. The van der Waals surface area contributed by atoms with E-state index in [0.29, 0.717) is 12.1 Å². The lowest BCUT2D eigenvalue weighted by molar-refractivity contribution is 0.0785. The van der Waals surface area contributed by atoms with Gasteiger partial charge in [0.1, 0.15) is 0 Å². The lowest BCUT2D eigenvalue weighted by Crippen LogP contribution is -2.31. The Morgan fingerprint density at radius 2 is 2.32 bits per heavy atom. The van der Waals surface area contributed by atoms with Gasteiger partial charge in [-0.05, 0) is 43.1 Å². The Hall–Kier alpha value is -1.86. The monoisotopic (exact) mass is 257 g/mol. The fourth-order valence-corrected chi connectivity index (χ4v) is 2.37. The molecule has 1 atom stereocenters. The third-order valence-corrected chi connectivity index (χ3v) is 3.45. The summed E-state index contributed by atoms with van der Waals surface area (Å²) in [5.74, 6) is -0.163. The molecule has 100 valence electrons. The number of nitrogens with zero attached hydrogens (tertiary/aromatic N) is 2. The third-order valence-electron chi connectivity index (χ3n) is 3.45. The second-order valence-electron chi connectivity index (χ2n) is 5.13. The van der Waals surface area contributed by atoms with Crippen molar-refractivity contribution in [1.82, 2.24) is 10.2 Å². The fraction of sp³-hybridized carbons (Fsp3) is 0.467. The molecule has 1 unspecified atom stereocenters. The van der Waals surface area contributed by atoms with Crippen LogP contribution in [0.1, 0.15) is 28.4 Å². The SMILES string of the molecule is CC(C#N)CN(C)C(=O)c1ccc2c(c1)CNCC2. The Bertz CT molecular complexity index is 519. The van der Waals surface area contributed by atoms with Crippen LogP contribution in [0.2, 0.25) is 0 Å². The maximum absolute atomic E-state index is 12.3. The Morgan fingerprint density at radius 1 is 1.53 bits per heavy atom. The summed E-state index contributed by atoms with van der Waals surface area (Å²) in [7, 11) is 1.74. The van der Waals surface area contributed by atoms with Crippen LogP contribution in [0.25, 0.3) is 0 Å². The van der Waals surface area contributed by atoms with E-state index in [1.807, 2.05) is 25.1 Å². The van der Waals surface area contributed by atoms with Crippen molar-refractivity contribution in [3.05, 3.63) is 34.9 Å². The number of hydrogen-bond acceptors (Lipinski definition) is 3. The van der Waals surface area contributed by atoms with Crippen molar-refractivity contribution in [1.29, 1.82) is 5.26 Å². The number of hydrogen-bond donors (Lipinski definition) is 1. The molecular weight excluding hydrogens is 238 g/mol. The number of nitrogens with one attached hydrogen (secondary N) is 1. The van der Waals surface area contributed by atoms with Crippen LogP contribution in [0.3, 0.4) is 0 Å². The summed E-state index contributed by atoms with van der Waals surface area (Å²) in [6.07, 6.45) is 1.02. The normalized spacial score (nSPS) is 15.2. The van der Waals surface area contributed by atoms with E-state index in [1.54, 1.807) is 11.9 Å². The highest BCUT2D eigenvalue weighted by atomic mass is 16.2. The van der Waals surface area contributed by atoms with Crippen molar-refractivity contribution in [3.8, 4) is 6.07 Å². The van der Waals surface area contributed by atoms with Crippen molar-refractivity contribution in [2.75, 3.05) is 20.1 Å². The zero-order chi connectivity index (χ0) is 13.8. The number of carbonyl (C=O) groups excluding carboxylic acids is 1. The molecule has 0 bridgehead atoms. The Kier molecular flexibility index (Phi) is 4.18. The Labute approximate surface area is 114 Å². The van der Waals surface area contributed by atoms with Gasteiger partial charge in [-0.2, -0.15) is 5.26 Å². The second-order valence-corrected chi connectivity index (χ2v) is 5.13. The molecule has 0 fully saturated rings. The number of amides is 1. The van der Waals surface area contributed by atoms with Gasteiger partial charge in [0, 0.05) is 25.7 Å². The highest BCUT2D eigenvalue weighted by Crippen LogP contribution is 2.17. The lowest BCUT2D eigenvalue weighted by Gasteiger charge is -2.21. The van der Waals surface area contributed by atoms with Crippen molar-refractivity contribution < 1.29 is 4.79 Å². The zero-order valence-corrected chi connectivity index (χ0v) is 11.4. The van der Waals surface area contributed by atoms with Gasteiger partial charge in [0.25, 0.3) is 5.91 Å². The van der Waals surface area contributed by atoms with E-state index in [9.17, 15) is 4.79 Å². The van der Waals surface area contributed by atoms with Gasteiger partial charge >= 0.3 is 0 Å². The highest BCUT2D eigenvalue weighted by Gasteiger charge is 2.16. The first-order valence-electron chi connectivity index (χ1n) is 6.59. The number of rotatable bonds is 3. The van der Waals surface area contributed by atoms with E-state index < -0.39 is 0 Å². The molecule has 0 aromatic heterocycles. The van der Waals surface area contributed by atoms with Gasteiger partial charge in [-0.1, -0.05) is 6.07 Å². The first-order valence-corrected chi connectivity index (χ1v) is 6.59. The number of nitriles is 1. The molecule has 0 radical (unpaired) electrons. The van der Waals surface area contributed by atoms with Gasteiger partial charge in [0.2, 0.25) is 0 Å². The maximum Gasteiger partial charge on any atom is 0.253 e. The second kappa shape index (κ2) is 5.85. The summed E-state index contributed by atoms with van der Waals surface area (Å²) in [6.45, 7) is 4.11. The molecule has 19 heavy (non-hydrogen) atoms. The molecule has 1 N–H and O–H groups in total. The predicted molar refractivity (Wildman–Crippen MR) is 73.6 cm³/mol. The van der Waals surface area contributed by atoms with E-state index >= 15 is 0 Å². The molecule has 4 nitrogen and oxygen atoms in total. The molecule has 1 aliphatic heterocycles. The van der Waals surface area contributed by atoms with Crippen molar-refractivity contribution in [2.45, 2.75) is 19.9 Å². The van der Waals surface area contributed by atoms with Crippen LogP contribution in [0.15, 0.2) is 18.2 Å². The minimum atomic E-state index is -0.145. The summed E-state index contributed by atoms with van der Waals surface area (Å²) in [6, 6.07) is 8.05. The summed E-state index contributed by atoms with van der Waals surface area (Å²) in [5.41, 5.74) is 3.23. The van der Waals surface area contributed by atoms with Crippen molar-refractivity contribution >= 4 is 5.91 Å². The van der Waals surface area contributed by atoms with E-state index in [1.165, 1.54) is 11.1 Å². The number of fused-ring (bicyclic) bond motifs is 1. The molecule has 1 amide bonds. The van der Waals surface area contributed by atoms with Crippen LogP contribution in [-0.4, -0.2) is 30.9 Å². The minimum absolute atomic E-state index is 0.0181. The maximum atomic E-state index is 12.3. The summed E-state index contributed by atoms with van der Waals surface area (Å²) < 4.78 is 0. The first-order chi connectivity index (χ1) is 9.11.